The van der Waals surface area contributed by atoms with Gasteiger partial charge in [0.15, 0.2) is 0 Å². The van der Waals surface area contributed by atoms with Gasteiger partial charge in [0.25, 0.3) is 0 Å². The van der Waals surface area contributed by atoms with E-state index in [-0.39, 0.29) is 5.97 Å². The molecular formula is C13H19BrN2O2. The highest BCUT2D eigenvalue weighted by atomic mass is 79.9. The third kappa shape index (κ3) is 4.56. The minimum atomic E-state index is -0.490. The highest BCUT2D eigenvalue weighted by Gasteiger charge is 2.21. The van der Waals surface area contributed by atoms with Crippen LogP contribution in [0.25, 0.3) is 0 Å². The number of nitrogens with one attached hydrogen (secondary N) is 1. The largest absolute Gasteiger partial charge is 0.458 e. The molecule has 0 radical (unpaired) electrons. The van der Waals surface area contributed by atoms with E-state index < -0.39 is 11.6 Å². The van der Waals surface area contributed by atoms with Crippen LogP contribution in [0.5, 0.6) is 0 Å². The van der Waals surface area contributed by atoms with Gasteiger partial charge in [0.2, 0.25) is 0 Å². The molecule has 0 aliphatic carbocycles. The van der Waals surface area contributed by atoms with Gasteiger partial charge >= 0.3 is 5.97 Å². The average Bonchev–Trinajstić information content (AvgIpc) is 2.21. The Labute approximate surface area is 116 Å². The molecule has 0 bridgehead atoms. The van der Waals surface area contributed by atoms with Crippen molar-refractivity contribution in [3.05, 3.63) is 22.7 Å². The molecule has 1 aromatic rings. The molecule has 1 rings (SSSR count). The molecule has 0 saturated heterocycles. The molecule has 3 N–H and O–H groups in total. The Morgan fingerprint density at radius 2 is 2.06 bits per heavy atom. The Hall–Kier alpha value is -1.23. The molecule has 0 aliphatic rings. The van der Waals surface area contributed by atoms with Crippen LogP contribution in [-0.2, 0) is 9.53 Å². The summed E-state index contributed by atoms with van der Waals surface area (Å²) in [5.74, 6) is -0.304. The fraction of sp³-hybridized carbons (Fsp3) is 0.462. The lowest BCUT2D eigenvalue weighted by Gasteiger charge is -2.23. The van der Waals surface area contributed by atoms with Gasteiger partial charge in [-0.15, -0.1) is 0 Å². The van der Waals surface area contributed by atoms with Crippen LogP contribution in [0.3, 0.4) is 0 Å². The molecular weight excluding hydrogens is 296 g/mol. The zero-order chi connectivity index (χ0) is 13.9. The van der Waals surface area contributed by atoms with Crippen molar-refractivity contribution >= 4 is 33.3 Å². The minimum absolute atomic E-state index is 0.304. The van der Waals surface area contributed by atoms with Gasteiger partial charge in [-0.25, -0.2) is 4.79 Å². The van der Waals surface area contributed by atoms with Gasteiger partial charge in [0.05, 0.1) is 11.4 Å². The molecule has 0 heterocycles. The van der Waals surface area contributed by atoms with E-state index in [0.717, 1.165) is 4.47 Å². The predicted octanol–water partition coefficient (Wildman–Crippen LogP) is 3.17. The van der Waals surface area contributed by atoms with Crippen LogP contribution in [0.4, 0.5) is 11.4 Å². The summed E-state index contributed by atoms with van der Waals surface area (Å²) in [7, 11) is 0. The van der Waals surface area contributed by atoms with Crippen LogP contribution in [0.1, 0.15) is 27.7 Å². The lowest BCUT2D eigenvalue weighted by molar-refractivity contribution is -0.155. The number of hydrogen-bond donors (Lipinski definition) is 2. The van der Waals surface area contributed by atoms with Crippen molar-refractivity contribution in [2.24, 2.45) is 0 Å². The molecule has 0 aromatic heterocycles. The maximum atomic E-state index is 11.8. The molecule has 1 aromatic carbocycles. The van der Waals surface area contributed by atoms with Gasteiger partial charge in [-0.3, -0.25) is 0 Å². The Kier molecular flexibility index (Phi) is 4.62. The van der Waals surface area contributed by atoms with E-state index in [1.165, 1.54) is 0 Å². The quantitative estimate of drug-likeness (QED) is 0.664. The van der Waals surface area contributed by atoms with Crippen molar-refractivity contribution < 1.29 is 9.53 Å². The molecule has 18 heavy (non-hydrogen) atoms. The number of ether oxygens (including phenoxy) is 1. The zero-order valence-electron chi connectivity index (χ0n) is 11.1. The first-order valence-corrected chi connectivity index (χ1v) is 6.53. The van der Waals surface area contributed by atoms with Crippen LogP contribution in [-0.4, -0.2) is 17.6 Å². The average molecular weight is 315 g/mol. The SMILES string of the molecule is C[C@H](Nc1cc(Br)ccc1N)C(=O)OC(C)(C)C. The number of rotatable bonds is 3. The summed E-state index contributed by atoms with van der Waals surface area (Å²) in [5, 5.41) is 3.04. The summed E-state index contributed by atoms with van der Waals surface area (Å²) in [6, 6.07) is 4.99. The maximum absolute atomic E-state index is 11.8. The number of esters is 1. The van der Waals surface area contributed by atoms with Crippen LogP contribution in [0.15, 0.2) is 22.7 Å². The molecule has 0 amide bonds. The van der Waals surface area contributed by atoms with E-state index in [1.54, 1.807) is 13.0 Å². The van der Waals surface area contributed by atoms with Crippen LogP contribution < -0.4 is 11.1 Å². The first-order chi connectivity index (χ1) is 8.19. The predicted molar refractivity (Wildman–Crippen MR) is 77.5 cm³/mol. The number of carbonyl (C=O) groups excluding carboxylic acids is 1. The maximum Gasteiger partial charge on any atom is 0.328 e. The molecule has 0 spiro atoms. The van der Waals surface area contributed by atoms with Crippen molar-refractivity contribution in [1.82, 2.24) is 0 Å². The lowest BCUT2D eigenvalue weighted by Crippen LogP contribution is -2.34. The van der Waals surface area contributed by atoms with Crippen LogP contribution in [0.2, 0.25) is 0 Å². The van der Waals surface area contributed by atoms with Crippen molar-refractivity contribution in [3.8, 4) is 0 Å². The first-order valence-electron chi connectivity index (χ1n) is 5.73. The number of carbonyl (C=O) groups is 1. The second-order valence-electron chi connectivity index (χ2n) is 5.13. The molecule has 100 valence electrons. The standard InChI is InChI=1S/C13H19BrN2O2/c1-8(12(17)18-13(2,3)4)16-11-7-9(14)5-6-10(11)15/h5-8,16H,15H2,1-4H3/t8-/m0/s1. The number of hydrogen-bond acceptors (Lipinski definition) is 4. The molecule has 0 fully saturated rings. The second-order valence-corrected chi connectivity index (χ2v) is 6.05. The van der Waals surface area contributed by atoms with Crippen LogP contribution >= 0.6 is 15.9 Å². The number of anilines is 2. The third-order valence-electron chi connectivity index (χ3n) is 2.15. The molecule has 0 aliphatic heterocycles. The second kappa shape index (κ2) is 5.61. The van der Waals surface area contributed by atoms with Crippen LogP contribution in [0, 0.1) is 0 Å². The zero-order valence-corrected chi connectivity index (χ0v) is 12.7. The normalized spacial score (nSPS) is 12.9. The summed E-state index contributed by atoms with van der Waals surface area (Å²) in [5.41, 5.74) is 6.64. The van der Waals surface area contributed by atoms with E-state index >= 15 is 0 Å². The molecule has 1 atom stereocenters. The Morgan fingerprint density at radius 3 is 2.61 bits per heavy atom. The fourth-order valence-corrected chi connectivity index (χ4v) is 1.70. The summed E-state index contributed by atoms with van der Waals surface area (Å²) >= 11 is 3.36. The van der Waals surface area contributed by atoms with Gasteiger partial charge in [-0.2, -0.15) is 0 Å². The monoisotopic (exact) mass is 314 g/mol. The summed E-state index contributed by atoms with van der Waals surface area (Å²) in [6.45, 7) is 7.26. The van der Waals surface area contributed by atoms with E-state index in [1.807, 2.05) is 32.9 Å². The minimum Gasteiger partial charge on any atom is -0.458 e. The lowest BCUT2D eigenvalue weighted by atomic mass is 10.2. The third-order valence-corrected chi connectivity index (χ3v) is 2.64. The number of benzene rings is 1. The molecule has 5 heteroatoms. The Balaban J connectivity index is 2.72. The fourth-order valence-electron chi connectivity index (χ4n) is 1.34. The summed E-state index contributed by atoms with van der Waals surface area (Å²) in [6.07, 6.45) is 0. The van der Waals surface area contributed by atoms with Crippen molar-refractivity contribution in [2.45, 2.75) is 39.3 Å². The molecule has 0 saturated carbocycles. The van der Waals surface area contributed by atoms with Crippen molar-refractivity contribution in [1.29, 1.82) is 0 Å². The molecule has 0 unspecified atom stereocenters. The van der Waals surface area contributed by atoms with Gasteiger partial charge < -0.3 is 15.8 Å². The van der Waals surface area contributed by atoms with Gasteiger partial charge in [0, 0.05) is 4.47 Å². The highest BCUT2D eigenvalue weighted by Crippen LogP contribution is 2.24. The van der Waals surface area contributed by atoms with E-state index in [0.29, 0.717) is 11.4 Å². The Morgan fingerprint density at radius 1 is 1.44 bits per heavy atom. The van der Waals surface area contributed by atoms with E-state index in [4.69, 9.17) is 10.5 Å². The van der Waals surface area contributed by atoms with Gasteiger partial charge in [-0.05, 0) is 45.9 Å². The number of halogens is 1. The van der Waals surface area contributed by atoms with E-state index in [2.05, 4.69) is 21.2 Å². The smallest absolute Gasteiger partial charge is 0.328 e. The van der Waals surface area contributed by atoms with Crippen molar-refractivity contribution in [3.63, 3.8) is 0 Å². The summed E-state index contributed by atoms with van der Waals surface area (Å²) in [4.78, 5) is 11.8. The van der Waals surface area contributed by atoms with E-state index in [9.17, 15) is 4.79 Å². The topological polar surface area (TPSA) is 64.3 Å². The number of nitrogens with two attached hydrogens (primary N) is 1. The highest BCUT2D eigenvalue weighted by molar-refractivity contribution is 9.10. The first kappa shape index (κ1) is 14.8. The Bertz CT molecular complexity index is 441. The van der Waals surface area contributed by atoms with Crippen molar-refractivity contribution in [2.75, 3.05) is 11.1 Å². The molecule has 4 nitrogen and oxygen atoms in total. The van der Waals surface area contributed by atoms with Gasteiger partial charge in [-0.1, -0.05) is 15.9 Å². The number of nitrogen functional groups attached to an aromatic ring is 1. The summed E-state index contributed by atoms with van der Waals surface area (Å²) < 4.78 is 6.19. The van der Waals surface area contributed by atoms with Gasteiger partial charge in [0.1, 0.15) is 11.6 Å².